The summed E-state index contributed by atoms with van der Waals surface area (Å²) >= 11 is 1.34. The van der Waals surface area contributed by atoms with Crippen molar-refractivity contribution in [2.75, 3.05) is 19.4 Å². The van der Waals surface area contributed by atoms with E-state index in [4.69, 9.17) is 4.74 Å². The van der Waals surface area contributed by atoms with Gasteiger partial charge in [0, 0.05) is 48.3 Å². The molecule has 4 rings (SSSR count). The molecule has 3 aliphatic rings. The molecule has 0 radical (unpaired) electrons. The third kappa shape index (κ3) is 5.21. The number of hydrogen-bond acceptors (Lipinski definition) is 8. The molecule has 1 aromatic carbocycles. The fraction of sp³-hybridized carbons (Fsp3) is 0.409. The van der Waals surface area contributed by atoms with Gasteiger partial charge in [-0.3, -0.25) is 4.99 Å². The molecule has 1 aromatic rings. The standard InChI is InChI=1S/C22H24F3N5O4S2/c1-11(2)28-36(32,33)29-12-9-15-16(22(31)34-3)19(13-5-6-14(23)18(25)17(13)24)27-20(30(15)10-12)21-26-7-4-8-35-21/h4-7,11-12,19,28-29H,8-10H2,1-3H3/t12-,19-/m0/s1. The van der Waals surface area contributed by atoms with Gasteiger partial charge in [-0.2, -0.15) is 17.9 Å². The minimum absolute atomic E-state index is 0.0397. The van der Waals surface area contributed by atoms with Gasteiger partial charge in [-0.1, -0.05) is 23.9 Å². The molecule has 1 saturated heterocycles. The Morgan fingerprint density at radius 2 is 2.00 bits per heavy atom. The molecule has 0 bridgehead atoms. The van der Waals surface area contributed by atoms with E-state index in [0.29, 0.717) is 16.5 Å². The number of rotatable bonds is 7. The third-order valence-electron chi connectivity index (χ3n) is 5.54. The number of fused-ring (bicyclic) bond motifs is 1. The van der Waals surface area contributed by atoms with Gasteiger partial charge in [0.05, 0.1) is 12.7 Å². The van der Waals surface area contributed by atoms with Gasteiger partial charge in [0.15, 0.2) is 23.3 Å². The molecule has 1 fully saturated rings. The van der Waals surface area contributed by atoms with E-state index in [2.05, 4.69) is 19.4 Å². The van der Waals surface area contributed by atoms with E-state index in [0.717, 1.165) is 19.2 Å². The van der Waals surface area contributed by atoms with E-state index in [1.807, 2.05) is 6.08 Å². The molecule has 2 atom stereocenters. The van der Waals surface area contributed by atoms with Crippen LogP contribution in [0.1, 0.15) is 31.9 Å². The lowest BCUT2D eigenvalue weighted by Gasteiger charge is -2.32. The highest BCUT2D eigenvalue weighted by atomic mass is 32.2. The van der Waals surface area contributed by atoms with E-state index in [1.165, 1.54) is 11.8 Å². The smallest absolute Gasteiger partial charge is 0.338 e. The summed E-state index contributed by atoms with van der Waals surface area (Å²) in [7, 11) is -2.75. The van der Waals surface area contributed by atoms with Crippen LogP contribution >= 0.6 is 11.8 Å². The molecule has 0 spiro atoms. The number of methoxy groups -OCH3 is 1. The second kappa shape index (κ2) is 10.4. The molecule has 2 N–H and O–H groups in total. The Bertz CT molecular complexity index is 1310. The van der Waals surface area contributed by atoms with Crippen LogP contribution in [0.2, 0.25) is 0 Å². The Morgan fingerprint density at radius 1 is 1.25 bits per heavy atom. The molecule has 0 amide bonds. The van der Waals surface area contributed by atoms with Crippen molar-refractivity contribution in [3.63, 3.8) is 0 Å². The number of benzene rings is 1. The number of thioether (sulfide) groups is 1. The number of esters is 1. The van der Waals surface area contributed by atoms with Crippen LogP contribution in [0.4, 0.5) is 13.2 Å². The Kier molecular flexibility index (Phi) is 7.59. The number of carbonyl (C=O) groups excluding carboxylic acids is 1. The summed E-state index contributed by atoms with van der Waals surface area (Å²) in [6, 6.07) is -0.621. The van der Waals surface area contributed by atoms with Crippen molar-refractivity contribution in [2.24, 2.45) is 9.98 Å². The monoisotopic (exact) mass is 543 g/mol. The fourth-order valence-electron chi connectivity index (χ4n) is 4.20. The number of carbonyl (C=O) groups is 1. The first kappa shape index (κ1) is 26.4. The van der Waals surface area contributed by atoms with Crippen LogP contribution in [0.25, 0.3) is 0 Å². The van der Waals surface area contributed by atoms with E-state index in [1.54, 1.807) is 24.9 Å². The normalized spacial score (nSPS) is 22.0. The van der Waals surface area contributed by atoms with Crippen LogP contribution < -0.4 is 9.44 Å². The van der Waals surface area contributed by atoms with Gasteiger partial charge in [-0.05, 0) is 19.9 Å². The zero-order chi connectivity index (χ0) is 26.2. The second-order valence-electron chi connectivity index (χ2n) is 8.51. The maximum absolute atomic E-state index is 14.9. The fourth-order valence-corrected chi connectivity index (χ4v) is 6.26. The second-order valence-corrected chi connectivity index (χ2v) is 11.0. The van der Waals surface area contributed by atoms with Crippen molar-refractivity contribution in [1.29, 1.82) is 0 Å². The molecule has 0 unspecified atom stereocenters. The van der Waals surface area contributed by atoms with E-state index >= 15 is 0 Å². The predicted octanol–water partition coefficient (Wildman–Crippen LogP) is 2.55. The first-order valence-electron chi connectivity index (χ1n) is 11.0. The quantitative estimate of drug-likeness (QED) is 0.404. The summed E-state index contributed by atoms with van der Waals surface area (Å²) < 4.78 is 77.7. The zero-order valence-electron chi connectivity index (χ0n) is 19.6. The van der Waals surface area contributed by atoms with Crippen molar-refractivity contribution in [3.8, 4) is 0 Å². The lowest BCUT2D eigenvalue weighted by Crippen LogP contribution is -2.47. The highest BCUT2D eigenvalue weighted by Gasteiger charge is 2.44. The SMILES string of the molecule is COC(=O)C1=C2C[C@H](NS(=O)(=O)NC(C)C)CN2C(C2=NC=CCS2)=N[C@H]1c1ccc(F)c(F)c1F. The molecular weight excluding hydrogens is 519 g/mol. The molecule has 0 aliphatic carbocycles. The molecule has 3 heterocycles. The number of nitrogens with zero attached hydrogens (tertiary/aromatic N) is 3. The van der Waals surface area contributed by atoms with E-state index in [9.17, 15) is 26.4 Å². The highest BCUT2D eigenvalue weighted by molar-refractivity contribution is 8.15. The molecule has 3 aliphatic heterocycles. The van der Waals surface area contributed by atoms with Gasteiger partial charge >= 0.3 is 5.97 Å². The Labute approximate surface area is 210 Å². The van der Waals surface area contributed by atoms with E-state index < -0.39 is 45.7 Å². The Hall–Kier alpha value is -2.68. The first-order valence-corrected chi connectivity index (χ1v) is 13.4. The van der Waals surface area contributed by atoms with Crippen LogP contribution in [0, 0.1) is 17.5 Å². The number of hydrogen-bond donors (Lipinski definition) is 2. The zero-order valence-corrected chi connectivity index (χ0v) is 21.2. The lowest BCUT2D eigenvalue weighted by molar-refractivity contribution is -0.136. The van der Waals surface area contributed by atoms with E-state index in [-0.39, 0.29) is 36.0 Å². The predicted molar refractivity (Wildman–Crippen MR) is 130 cm³/mol. The molecule has 0 aromatic heterocycles. The third-order valence-corrected chi connectivity index (χ3v) is 7.89. The average molecular weight is 544 g/mol. The molecule has 9 nitrogen and oxygen atoms in total. The maximum Gasteiger partial charge on any atom is 0.338 e. The number of halogens is 3. The minimum atomic E-state index is -3.88. The average Bonchev–Trinajstić information content (AvgIpc) is 3.23. The van der Waals surface area contributed by atoms with Crippen molar-refractivity contribution < 1.29 is 31.1 Å². The van der Waals surface area contributed by atoms with Crippen LogP contribution in [-0.4, -0.2) is 61.7 Å². The van der Waals surface area contributed by atoms with Crippen molar-refractivity contribution in [2.45, 2.75) is 38.4 Å². The number of amidine groups is 1. The summed E-state index contributed by atoms with van der Waals surface area (Å²) in [6.45, 7) is 3.45. The van der Waals surface area contributed by atoms with Gasteiger partial charge in [0.2, 0.25) is 0 Å². The van der Waals surface area contributed by atoms with Crippen molar-refractivity contribution >= 4 is 38.8 Å². The Morgan fingerprint density at radius 3 is 2.64 bits per heavy atom. The van der Waals surface area contributed by atoms with Gasteiger partial charge in [-0.15, -0.1) is 0 Å². The Balaban J connectivity index is 1.85. The largest absolute Gasteiger partial charge is 0.466 e. The summed E-state index contributed by atoms with van der Waals surface area (Å²) in [6.07, 6.45) is 3.43. The summed E-state index contributed by atoms with van der Waals surface area (Å²) in [5, 5.41) is 0.454. The van der Waals surface area contributed by atoms with Gasteiger partial charge in [0.1, 0.15) is 11.1 Å². The van der Waals surface area contributed by atoms with Crippen molar-refractivity contribution in [1.82, 2.24) is 14.3 Å². The van der Waals surface area contributed by atoms with Crippen LogP contribution in [0.5, 0.6) is 0 Å². The maximum atomic E-state index is 14.9. The summed E-state index contributed by atoms with van der Waals surface area (Å²) in [4.78, 5) is 23.4. The molecule has 36 heavy (non-hydrogen) atoms. The van der Waals surface area contributed by atoms with Gasteiger partial charge < -0.3 is 9.64 Å². The van der Waals surface area contributed by atoms with Gasteiger partial charge in [0.25, 0.3) is 10.2 Å². The van der Waals surface area contributed by atoms with Gasteiger partial charge in [-0.25, -0.2) is 23.0 Å². The summed E-state index contributed by atoms with van der Waals surface area (Å²) in [5.74, 6) is -4.56. The van der Waals surface area contributed by atoms with Crippen molar-refractivity contribution in [3.05, 3.63) is 58.7 Å². The number of aliphatic imine (C=N–C) groups is 2. The minimum Gasteiger partial charge on any atom is -0.466 e. The van der Waals surface area contributed by atoms with Crippen LogP contribution in [-0.2, 0) is 19.7 Å². The topological polar surface area (TPSA) is 112 Å². The highest BCUT2D eigenvalue weighted by Crippen LogP contribution is 2.41. The molecule has 194 valence electrons. The lowest BCUT2D eigenvalue weighted by atomic mass is 9.94. The number of ether oxygens (including phenoxy) is 1. The number of nitrogens with one attached hydrogen (secondary N) is 2. The molecule has 0 saturated carbocycles. The molecule has 14 heteroatoms. The first-order chi connectivity index (χ1) is 17.0. The molecular formula is C22H24F3N5O4S2. The van der Waals surface area contributed by atoms with Crippen LogP contribution in [0.15, 0.2) is 45.7 Å². The summed E-state index contributed by atoms with van der Waals surface area (Å²) in [5.41, 5.74) is -0.126. The van der Waals surface area contributed by atoms with Crippen LogP contribution in [0.3, 0.4) is 0 Å².